The fourth-order valence-electron chi connectivity index (χ4n) is 2.87. The molecule has 0 radical (unpaired) electrons. The Kier molecular flexibility index (Phi) is 11.3. The topological polar surface area (TPSA) is 178 Å². The molecule has 0 aliphatic rings. The first-order chi connectivity index (χ1) is 17.5. The summed E-state index contributed by atoms with van der Waals surface area (Å²) in [4.78, 5) is 37.7. The minimum atomic E-state index is -4.33. The van der Waals surface area contributed by atoms with Gasteiger partial charge in [-0.05, 0) is 32.9 Å². The standard InChI is InChI=1S/C23H30N3O10P/c1-5-18(28)19(35-21(13-27)26-12-11-20(29)24-23(26)31)14-33-37(32,36-17-9-7-6-8-10-17)25-16(4)22(30)34-15(2)3/h1,6-12,15-16,18-19,21,27-28H,13-14H2,2-4H3,(H,25,32)(H,24,29,31)/t16-,18-,19+,21+,37?/m0/s1. The molecule has 1 aromatic heterocycles. The van der Waals surface area contributed by atoms with Crippen LogP contribution in [0.1, 0.15) is 27.0 Å². The molecule has 1 aromatic carbocycles. The van der Waals surface area contributed by atoms with Gasteiger partial charge in [-0.15, -0.1) is 6.42 Å². The Hall–Kier alpha value is -3.24. The second-order valence-electron chi connectivity index (χ2n) is 7.97. The number of hydrogen-bond donors (Lipinski definition) is 4. The van der Waals surface area contributed by atoms with Crippen molar-refractivity contribution in [1.82, 2.24) is 14.6 Å². The molecule has 4 N–H and O–H groups in total. The molecule has 202 valence electrons. The molecule has 37 heavy (non-hydrogen) atoms. The minimum absolute atomic E-state index is 0.144. The molecular formula is C23H30N3O10P. The van der Waals surface area contributed by atoms with E-state index in [0.717, 1.165) is 16.8 Å². The number of ether oxygens (including phenoxy) is 2. The van der Waals surface area contributed by atoms with Crippen LogP contribution in [0.3, 0.4) is 0 Å². The molecule has 2 aromatic rings. The Labute approximate surface area is 212 Å². The number of benzene rings is 1. The highest BCUT2D eigenvalue weighted by atomic mass is 31.2. The lowest BCUT2D eigenvalue weighted by molar-refractivity contribution is -0.149. The lowest BCUT2D eigenvalue weighted by Crippen LogP contribution is -2.41. The van der Waals surface area contributed by atoms with Crippen molar-refractivity contribution >= 4 is 13.7 Å². The summed E-state index contributed by atoms with van der Waals surface area (Å²) in [6.45, 7) is 3.27. The third-order valence-electron chi connectivity index (χ3n) is 4.61. The van der Waals surface area contributed by atoms with Gasteiger partial charge in [-0.2, -0.15) is 5.09 Å². The van der Waals surface area contributed by atoms with Crippen LogP contribution in [0.4, 0.5) is 0 Å². The molecule has 1 heterocycles. The van der Waals surface area contributed by atoms with Crippen LogP contribution in [-0.2, 0) is 23.4 Å². The van der Waals surface area contributed by atoms with Crippen molar-refractivity contribution in [2.45, 2.75) is 51.4 Å². The van der Waals surface area contributed by atoms with E-state index in [2.05, 4.69) is 5.09 Å². The molecule has 0 aliphatic heterocycles. The van der Waals surface area contributed by atoms with Crippen molar-refractivity contribution in [2.75, 3.05) is 13.2 Å². The summed E-state index contributed by atoms with van der Waals surface area (Å²) in [5, 5.41) is 22.5. The van der Waals surface area contributed by atoms with E-state index in [4.69, 9.17) is 24.9 Å². The number of nitrogens with one attached hydrogen (secondary N) is 2. The van der Waals surface area contributed by atoms with Gasteiger partial charge in [-0.3, -0.25) is 23.7 Å². The largest absolute Gasteiger partial charge is 0.462 e. The average molecular weight is 539 g/mol. The van der Waals surface area contributed by atoms with E-state index < -0.39 is 68.8 Å². The number of aromatic amines is 1. The normalized spacial score (nSPS) is 16.1. The van der Waals surface area contributed by atoms with Crippen LogP contribution in [0.25, 0.3) is 0 Å². The fourth-order valence-corrected chi connectivity index (χ4v) is 4.37. The van der Waals surface area contributed by atoms with Gasteiger partial charge in [-0.25, -0.2) is 9.36 Å². The number of aliphatic hydroxyl groups is 2. The average Bonchev–Trinajstić information content (AvgIpc) is 2.84. The summed E-state index contributed by atoms with van der Waals surface area (Å²) in [5.74, 6) is 1.46. The van der Waals surface area contributed by atoms with Gasteiger partial charge in [0.25, 0.3) is 5.56 Å². The Morgan fingerprint density at radius 1 is 1.22 bits per heavy atom. The zero-order chi connectivity index (χ0) is 27.6. The number of nitrogens with zero attached hydrogens (tertiary/aromatic N) is 1. The highest BCUT2D eigenvalue weighted by Crippen LogP contribution is 2.45. The Bertz CT molecular complexity index is 1220. The molecule has 13 nitrogen and oxygen atoms in total. The summed E-state index contributed by atoms with van der Waals surface area (Å²) >= 11 is 0. The SMILES string of the molecule is C#C[C@H](O)[C@@H](COP(=O)(N[C@@H](C)C(=O)OC(C)C)Oc1ccccc1)O[C@H](CO)n1ccc(=O)[nH]c1=O. The Morgan fingerprint density at radius 2 is 1.89 bits per heavy atom. The van der Waals surface area contributed by atoms with Gasteiger partial charge in [0, 0.05) is 12.3 Å². The number of terminal acetylenes is 1. The first-order valence-electron chi connectivity index (χ1n) is 11.2. The van der Waals surface area contributed by atoms with Gasteiger partial charge >= 0.3 is 19.4 Å². The second kappa shape index (κ2) is 13.9. The van der Waals surface area contributed by atoms with Crippen LogP contribution in [-0.4, -0.2) is 63.3 Å². The maximum atomic E-state index is 13.6. The Morgan fingerprint density at radius 3 is 2.46 bits per heavy atom. The summed E-state index contributed by atoms with van der Waals surface area (Å²) in [6.07, 6.45) is 1.49. The van der Waals surface area contributed by atoms with Gasteiger partial charge in [0.05, 0.1) is 19.3 Å². The predicted octanol–water partition coefficient (Wildman–Crippen LogP) is 0.540. The first-order valence-corrected chi connectivity index (χ1v) is 12.7. The second-order valence-corrected chi connectivity index (χ2v) is 9.67. The molecule has 14 heteroatoms. The number of carbonyl (C=O) groups is 1. The molecule has 0 spiro atoms. The summed E-state index contributed by atoms with van der Waals surface area (Å²) < 4.78 is 36.2. The molecule has 0 aliphatic carbocycles. The summed E-state index contributed by atoms with van der Waals surface area (Å²) in [7, 11) is -4.33. The lowest BCUT2D eigenvalue weighted by atomic mass is 10.2. The van der Waals surface area contributed by atoms with Crippen LogP contribution >= 0.6 is 7.75 Å². The number of aromatic nitrogens is 2. The number of aliphatic hydroxyl groups excluding tert-OH is 2. The molecule has 0 amide bonds. The number of para-hydroxylation sites is 1. The van der Waals surface area contributed by atoms with Gasteiger partial charge in [0.1, 0.15) is 24.0 Å². The zero-order valence-corrected chi connectivity index (χ0v) is 21.4. The van der Waals surface area contributed by atoms with Crippen molar-refractivity contribution in [3.63, 3.8) is 0 Å². The fraction of sp³-hybridized carbons (Fsp3) is 0.435. The van der Waals surface area contributed by atoms with E-state index in [0.29, 0.717) is 0 Å². The Balaban J connectivity index is 2.28. The molecule has 2 rings (SSSR count). The van der Waals surface area contributed by atoms with Crippen molar-refractivity contribution in [1.29, 1.82) is 0 Å². The smallest absolute Gasteiger partial charge is 0.459 e. The maximum absolute atomic E-state index is 13.6. The molecule has 0 fully saturated rings. The highest BCUT2D eigenvalue weighted by molar-refractivity contribution is 7.52. The van der Waals surface area contributed by atoms with E-state index in [9.17, 15) is 29.2 Å². The van der Waals surface area contributed by atoms with Crippen LogP contribution in [0.5, 0.6) is 5.75 Å². The summed E-state index contributed by atoms with van der Waals surface area (Å²) in [5.41, 5.74) is -1.56. The molecule has 0 saturated heterocycles. The summed E-state index contributed by atoms with van der Waals surface area (Å²) in [6, 6.07) is 7.86. The van der Waals surface area contributed by atoms with Gasteiger partial charge in [-0.1, -0.05) is 24.1 Å². The number of hydrogen-bond acceptors (Lipinski definition) is 10. The molecule has 5 atom stereocenters. The van der Waals surface area contributed by atoms with E-state index in [-0.39, 0.29) is 5.75 Å². The van der Waals surface area contributed by atoms with Crippen molar-refractivity contribution in [3.8, 4) is 18.1 Å². The molecule has 1 unspecified atom stereocenters. The van der Waals surface area contributed by atoms with Gasteiger partial charge < -0.3 is 24.2 Å². The molecule has 0 bridgehead atoms. The number of carbonyl (C=O) groups excluding carboxylic acids is 1. The van der Waals surface area contributed by atoms with E-state index in [1.807, 2.05) is 10.9 Å². The van der Waals surface area contributed by atoms with Crippen molar-refractivity contribution < 1.29 is 38.1 Å². The number of H-pyrrole nitrogens is 1. The quantitative estimate of drug-likeness (QED) is 0.150. The number of esters is 1. The van der Waals surface area contributed by atoms with E-state index in [1.165, 1.54) is 19.1 Å². The van der Waals surface area contributed by atoms with Gasteiger partial charge in [0.2, 0.25) is 0 Å². The van der Waals surface area contributed by atoms with Crippen molar-refractivity contribution in [3.05, 3.63) is 63.4 Å². The first kappa shape index (κ1) is 30.0. The molecular weight excluding hydrogens is 509 g/mol. The monoisotopic (exact) mass is 539 g/mol. The van der Waals surface area contributed by atoms with E-state index in [1.54, 1.807) is 32.0 Å². The van der Waals surface area contributed by atoms with Crippen LogP contribution in [0.2, 0.25) is 0 Å². The minimum Gasteiger partial charge on any atom is -0.462 e. The molecule has 0 saturated carbocycles. The predicted molar refractivity (Wildman–Crippen MR) is 132 cm³/mol. The van der Waals surface area contributed by atoms with Crippen LogP contribution in [0.15, 0.2) is 52.2 Å². The van der Waals surface area contributed by atoms with Crippen LogP contribution in [0, 0.1) is 12.3 Å². The number of rotatable bonds is 14. The third-order valence-corrected chi connectivity index (χ3v) is 6.25. The zero-order valence-electron chi connectivity index (χ0n) is 20.5. The van der Waals surface area contributed by atoms with Crippen molar-refractivity contribution in [2.24, 2.45) is 0 Å². The highest BCUT2D eigenvalue weighted by Gasteiger charge is 2.35. The van der Waals surface area contributed by atoms with Gasteiger partial charge in [0.15, 0.2) is 6.23 Å². The van der Waals surface area contributed by atoms with Crippen LogP contribution < -0.4 is 20.9 Å². The third kappa shape index (κ3) is 9.29. The van der Waals surface area contributed by atoms with E-state index >= 15 is 0 Å². The lowest BCUT2D eigenvalue weighted by Gasteiger charge is -2.28. The maximum Gasteiger partial charge on any atom is 0.459 e.